The lowest BCUT2D eigenvalue weighted by atomic mass is 10.3. The highest BCUT2D eigenvalue weighted by Crippen LogP contribution is 2.25. The van der Waals surface area contributed by atoms with Crippen LogP contribution in [0.15, 0.2) is 72.0 Å². The van der Waals surface area contributed by atoms with Gasteiger partial charge in [0.2, 0.25) is 0 Å². The van der Waals surface area contributed by atoms with Crippen LogP contribution in [0, 0.1) is 0 Å². The van der Waals surface area contributed by atoms with Crippen molar-refractivity contribution in [3.8, 4) is 22.9 Å². The Hall–Kier alpha value is -3.74. The Bertz CT molecular complexity index is 932. The zero-order valence-electron chi connectivity index (χ0n) is 14.7. The van der Waals surface area contributed by atoms with E-state index in [2.05, 4.69) is 10.5 Å². The summed E-state index contributed by atoms with van der Waals surface area (Å²) in [6.07, 6.45) is 3.40. The summed E-state index contributed by atoms with van der Waals surface area (Å²) in [4.78, 5) is 11.9. The molecule has 0 bridgehead atoms. The summed E-state index contributed by atoms with van der Waals surface area (Å²) in [5.41, 5.74) is 4.06. The number of hydrazone groups is 1. The standard InChI is InChI=1S/C20H19N3O4/c1-26-18-6-2-3-7-19(18)27-14-20(25)22-21-13-16-5-4-12-23(16)15-8-10-17(24)11-9-15/h2-13,24H,14H2,1H3,(H,22,25)/b21-13+. The molecule has 0 radical (unpaired) electrons. The molecule has 138 valence electrons. The summed E-state index contributed by atoms with van der Waals surface area (Å²) in [6, 6.07) is 17.6. The number of phenols is 1. The van der Waals surface area contributed by atoms with Gasteiger partial charge in [-0.2, -0.15) is 5.10 Å². The van der Waals surface area contributed by atoms with Gasteiger partial charge < -0.3 is 19.1 Å². The summed E-state index contributed by atoms with van der Waals surface area (Å²) in [6.45, 7) is -0.184. The zero-order valence-corrected chi connectivity index (χ0v) is 14.7. The van der Waals surface area contributed by atoms with Gasteiger partial charge in [0, 0.05) is 11.9 Å². The molecular formula is C20H19N3O4. The van der Waals surface area contributed by atoms with Crippen LogP contribution in [0.2, 0.25) is 0 Å². The van der Waals surface area contributed by atoms with Crippen LogP contribution in [0.5, 0.6) is 17.2 Å². The Labute approximate surface area is 156 Å². The first-order chi connectivity index (χ1) is 13.2. The van der Waals surface area contributed by atoms with E-state index >= 15 is 0 Å². The maximum absolute atomic E-state index is 11.9. The van der Waals surface area contributed by atoms with Crippen molar-refractivity contribution in [2.75, 3.05) is 13.7 Å². The van der Waals surface area contributed by atoms with E-state index in [1.54, 1.807) is 42.5 Å². The van der Waals surface area contributed by atoms with Crippen molar-refractivity contribution < 1.29 is 19.4 Å². The summed E-state index contributed by atoms with van der Waals surface area (Å²) < 4.78 is 12.5. The molecule has 1 heterocycles. The van der Waals surface area contributed by atoms with E-state index in [0.29, 0.717) is 11.5 Å². The predicted octanol–water partition coefficient (Wildman–Crippen LogP) is 2.72. The van der Waals surface area contributed by atoms with E-state index in [1.165, 1.54) is 13.3 Å². The lowest BCUT2D eigenvalue weighted by molar-refractivity contribution is -0.123. The smallest absolute Gasteiger partial charge is 0.277 e. The molecular weight excluding hydrogens is 346 g/mol. The summed E-state index contributed by atoms with van der Waals surface area (Å²) >= 11 is 0. The van der Waals surface area contributed by atoms with Gasteiger partial charge in [0.15, 0.2) is 18.1 Å². The average molecular weight is 365 g/mol. The van der Waals surface area contributed by atoms with Crippen molar-refractivity contribution >= 4 is 12.1 Å². The first-order valence-electron chi connectivity index (χ1n) is 8.22. The molecule has 0 unspecified atom stereocenters. The van der Waals surface area contributed by atoms with Gasteiger partial charge in [-0.1, -0.05) is 12.1 Å². The Kier molecular flexibility index (Phi) is 5.73. The third-order valence-corrected chi connectivity index (χ3v) is 3.72. The number of amides is 1. The molecule has 0 saturated carbocycles. The van der Waals surface area contributed by atoms with Gasteiger partial charge in [0.1, 0.15) is 5.75 Å². The maximum atomic E-state index is 11.9. The van der Waals surface area contributed by atoms with Crippen LogP contribution in [0.1, 0.15) is 5.69 Å². The number of para-hydroxylation sites is 2. The number of aromatic nitrogens is 1. The lowest BCUT2D eigenvalue weighted by Gasteiger charge is -2.09. The molecule has 3 aromatic rings. The molecule has 0 aliphatic rings. The normalized spacial score (nSPS) is 10.7. The van der Waals surface area contributed by atoms with Gasteiger partial charge in [-0.3, -0.25) is 4.79 Å². The van der Waals surface area contributed by atoms with Crippen LogP contribution in [0.4, 0.5) is 0 Å². The molecule has 7 heteroatoms. The van der Waals surface area contributed by atoms with Crippen molar-refractivity contribution in [2.24, 2.45) is 5.10 Å². The van der Waals surface area contributed by atoms with E-state index in [9.17, 15) is 9.90 Å². The van der Waals surface area contributed by atoms with Crippen molar-refractivity contribution in [2.45, 2.75) is 0 Å². The van der Waals surface area contributed by atoms with E-state index in [-0.39, 0.29) is 18.3 Å². The Balaban J connectivity index is 1.57. The number of aromatic hydroxyl groups is 1. The molecule has 0 aliphatic carbocycles. The number of carbonyl (C=O) groups excluding carboxylic acids is 1. The summed E-state index contributed by atoms with van der Waals surface area (Å²) in [5.74, 6) is 0.851. The third kappa shape index (κ3) is 4.66. The highest BCUT2D eigenvalue weighted by atomic mass is 16.5. The van der Waals surface area contributed by atoms with Gasteiger partial charge in [0.25, 0.3) is 5.91 Å². The number of nitrogens with zero attached hydrogens (tertiary/aromatic N) is 2. The highest BCUT2D eigenvalue weighted by Gasteiger charge is 2.06. The number of hydrogen-bond donors (Lipinski definition) is 2. The van der Waals surface area contributed by atoms with Crippen LogP contribution in [-0.2, 0) is 4.79 Å². The second-order valence-corrected chi connectivity index (χ2v) is 5.55. The van der Waals surface area contributed by atoms with Crippen LogP contribution in [0.25, 0.3) is 5.69 Å². The summed E-state index contributed by atoms with van der Waals surface area (Å²) in [5, 5.41) is 13.4. The fraction of sp³-hybridized carbons (Fsp3) is 0.100. The van der Waals surface area contributed by atoms with Crippen molar-refractivity contribution in [1.29, 1.82) is 0 Å². The number of methoxy groups -OCH3 is 1. The molecule has 2 aromatic carbocycles. The zero-order chi connectivity index (χ0) is 19.1. The lowest BCUT2D eigenvalue weighted by Crippen LogP contribution is -2.24. The van der Waals surface area contributed by atoms with Gasteiger partial charge in [-0.15, -0.1) is 0 Å². The molecule has 0 saturated heterocycles. The number of nitrogens with one attached hydrogen (secondary N) is 1. The number of rotatable bonds is 7. The average Bonchev–Trinajstić information content (AvgIpc) is 3.15. The topological polar surface area (TPSA) is 85.1 Å². The molecule has 0 aliphatic heterocycles. The molecule has 3 rings (SSSR count). The molecule has 1 amide bonds. The molecule has 27 heavy (non-hydrogen) atoms. The van der Waals surface area contributed by atoms with Crippen LogP contribution >= 0.6 is 0 Å². The third-order valence-electron chi connectivity index (χ3n) is 3.72. The van der Waals surface area contributed by atoms with E-state index in [0.717, 1.165) is 11.4 Å². The highest BCUT2D eigenvalue weighted by molar-refractivity contribution is 5.82. The second kappa shape index (κ2) is 8.57. The monoisotopic (exact) mass is 365 g/mol. The molecule has 7 nitrogen and oxygen atoms in total. The van der Waals surface area contributed by atoms with E-state index in [4.69, 9.17) is 9.47 Å². The molecule has 2 N–H and O–H groups in total. The molecule has 0 atom stereocenters. The Morgan fingerprint density at radius 3 is 2.59 bits per heavy atom. The van der Waals surface area contributed by atoms with E-state index in [1.807, 2.05) is 29.0 Å². The Morgan fingerprint density at radius 1 is 1.11 bits per heavy atom. The fourth-order valence-electron chi connectivity index (χ4n) is 2.43. The number of benzene rings is 2. The van der Waals surface area contributed by atoms with Crippen molar-refractivity contribution in [3.05, 3.63) is 72.6 Å². The van der Waals surface area contributed by atoms with Gasteiger partial charge in [-0.05, 0) is 48.5 Å². The quantitative estimate of drug-likeness (QED) is 0.498. The van der Waals surface area contributed by atoms with Crippen LogP contribution in [0.3, 0.4) is 0 Å². The van der Waals surface area contributed by atoms with E-state index < -0.39 is 0 Å². The van der Waals surface area contributed by atoms with Crippen LogP contribution < -0.4 is 14.9 Å². The van der Waals surface area contributed by atoms with Gasteiger partial charge >= 0.3 is 0 Å². The fourth-order valence-corrected chi connectivity index (χ4v) is 2.43. The second-order valence-electron chi connectivity index (χ2n) is 5.55. The van der Waals surface area contributed by atoms with Gasteiger partial charge in [-0.25, -0.2) is 5.43 Å². The molecule has 1 aromatic heterocycles. The number of phenolic OH excluding ortho intramolecular Hbond substituents is 1. The minimum absolute atomic E-state index is 0.184. The predicted molar refractivity (Wildman–Crippen MR) is 102 cm³/mol. The molecule has 0 spiro atoms. The summed E-state index contributed by atoms with van der Waals surface area (Å²) in [7, 11) is 1.54. The largest absolute Gasteiger partial charge is 0.508 e. The number of carbonyl (C=O) groups is 1. The first-order valence-corrected chi connectivity index (χ1v) is 8.22. The van der Waals surface area contributed by atoms with Crippen molar-refractivity contribution in [3.63, 3.8) is 0 Å². The minimum Gasteiger partial charge on any atom is -0.508 e. The number of ether oxygens (including phenoxy) is 2. The van der Waals surface area contributed by atoms with Gasteiger partial charge in [0.05, 0.1) is 19.0 Å². The molecule has 0 fully saturated rings. The van der Waals surface area contributed by atoms with Crippen molar-refractivity contribution in [1.82, 2.24) is 9.99 Å². The van der Waals surface area contributed by atoms with Crippen LogP contribution in [-0.4, -0.2) is 35.5 Å². The Morgan fingerprint density at radius 2 is 1.85 bits per heavy atom. The number of hydrogen-bond acceptors (Lipinski definition) is 5. The maximum Gasteiger partial charge on any atom is 0.277 e. The minimum atomic E-state index is -0.389. The SMILES string of the molecule is COc1ccccc1OCC(=O)N/N=C/c1cccn1-c1ccc(O)cc1. The first kappa shape index (κ1) is 18.1.